The SMILES string of the molecule is CC1(C)CN(CC(=O)c2cccc(Br)c2)CC(CO)O1. The van der Waals surface area contributed by atoms with Crippen LogP contribution in [0, 0.1) is 0 Å². The molecule has 0 radical (unpaired) electrons. The molecule has 1 unspecified atom stereocenters. The Morgan fingerprint density at radius 2 is 2.30 bits per heavy atom. The van der Waals surface area contributed by atoms with Gasteiger partial charge in [-0.15, -0.1) is 0 Å². The number of Topliss-reactive ketones (excluding diaryl/α,β-unsaturated/α-hetero) is 1. The van der Waals surface area contributed by atoms with Crippen LogP contribution in [-0.2, 0) is 4.74 Å². The van der Waals surface area contributed by atoms with Crippen LogP contribution in [0.2, 0.25) is 0 Å². The van der Waals surface area contributed by atoms with Gasteiger partial charge < -0.3 is 9.84 Å². The maximum absolute atomic E-state index is 12.3. The third-order valence-electron chi connectivity index (χ3n) is 3.27. The summed E-state index contributed by atoms with van der Waals surface area (Å²) in [5.41, 5.74) is 0.354. The number of ketones is 1. The largest absolute Gasteiger partial charge is 0.394 e. The van der Waals surface area contributed by atoms with Crippen molar-refractivity contribution < 1.29 is 14.6 Å². The van der Waals surface area contributed by atoms with Crippen molar-refractivity contribution in [3.8, 4) is 0 Å². The van der Waals surface area contributed by atoms with Gasteiger partial charge in [0.2, 0.25) is 0 Å². The van der Waals surface area contributed by atoms with E-state index in [0.717, 1.165) is 4.47 Å². The number of carbonyl (C=O) groups is 1. The van der Waals surface area contributed by atoms with Crippen molar-refractivity contribution in [2.75, 3.05) is 26.2 Å². The summed E-state index contributed by atoms with van der Waals surface area (Å²) < 4.78 is 6.65. The van der Waals surface area contributed by atoms with Crippen LogP contribution in [-0.4, -0.2) is 53.7 Å². The van der Waals surface area contributed by atoms with Gasteiger partial charge in [0.05, 0.1) is 24.9 Å². The average molecular weight is 342 g/mol. The second-order valence-corrected chi connectivity index (χ2v) is 6.70. The fourth-order valence-corrected chi connectivity index (χ4v) is 2.99. The van der Waals surface area contributed by atoms with Gasteiger partial charge in [0.1, 0.15) is 0 Å². The molecule has 4 nitrogen and oxygen atoms in total. The minimum atomic E-state index is -0.344. The van der Waals surface area contributed by atoms with Crippen LogP contribution < -0.4 is 0 Å². The lowest BCUT2D eigenvalue weighted by Gasteiger charge is -2.42. The van der Waals surface area contributed by atoms with Gasteiger partial charge in [-0.3, -0.25) is 9.69 Å². The molecule has 5 heteroatoms. The fraction of sp³-hybridized carbons (Fsp3) is 0.533. The van der Waals surface area contributed by atoms with E-state index >= 15 is 0 Å². The number of rotatable bonds is 4. The molecule has 0 spiro atoms. The highest BCUT2D eigenvalue weighted by molar-refractivity contribution is 9.10. The van der Waals surface area contributed by atoms with Gasteiger partial charge in [-0.1, -0.05) is 28.1 Å². The summed E-state index contributed by atoms with van der Waals surface area (Å²) in [6, 6.07) is 7.41. The molecule has 1 N–H and O–H groups in total. The van der Waals surface area contributed by atoms with Crippen molar-refractivity contribution in [1.82, 2.24) is 4.90 Å². The number of hydrogen-bond donors (Lipinski definition) is 1. The predicted molar refractivity (Wildman–Crippen MR) is 81.0 cm³/mol. The van der Waals surface area contributed by atoms with E-state index in [1.165, 1.54) is 0 Å². The highest BCUT2D eigenvalue weighted by Gasteiger charge is 2.33. The van der Waals surface area contributed by atoms with Crippen LogP contribution >= 0.6 is 15.9 Å². The summed E-state index contributed by atoms with van der Waals surface area (Å²) in [4.78, 5) is 14.4. The Balaban J connectivity index is 2.03. The van der Waals surface area contributed by atoms with Crippen molar-refractivity contribution in [2.24, 2.45) is 0 Å². The summed E-state index contributed by atoms with van der Waals surface area (Å²) in [5, 5.41) is 9.29. The minimum Gasteiger partial charge on any atom is -0.394 e. The predicted octanol–water partition coefficient (Wildman–Crippen LogP) is 2.10. The molecule has 1 aromatic carbocycles. The van der Waals surface area contributed by atoms with E-state index in [0.29, 0.717) is 25.2 Å². The smallest absolute Gasteiger partial charge is 0.176 e. The Morgan fingerprint density at radius 1 is 1.55 bits per heavy atom. The highest BCUT2D eigenvalue weighted by atomic mass is 79.9. The normalized spacial score (nSPS) is 22.7. The molecule has 1 aliphatic rings. The monoisotopic (exact) mass is 341 g/mol. The van der Waals surface area contributed by atoms with Crippen LogP contribution in [0.15, 0.2) is 28.7 Å². The second kappa shape index (κ2) is 6.35. The molecule has 0 saturated carbocycles. The zero-order valence-corrected chi connectivity index (χ0v) is 13.4. The van der Waals surface area contributed by atoms with E-state index in [1.807, 2.05) is 43.0 Å². The maximum atomic E-state index is 12.3. The van der Waals surface area contributed by atoms with Crippen LogP contribution in [0.4, 0.5) is 0 Å². The summed E-state index contributed by atoms with van der Waals surface area (Å²) in [7, 11) is 0. The molecule has 2 rings (SSSR count). The summed E-state index contributed by atoms with van der Waals surface area (Å²) in [6.45, 7) is 5.55. The Labute approximate surface area is 127 Å². The Morgan fingerprint density at radius 3 is 2.95 bits per heavy atom. The van der Waals surface area contributed by atoms with Gasteiger partial charge >= 0.3 is 0 Å². The molecule has 0 amide bonds. The zero-order chi connectivity index (χ0) is 14.8. The number of nitrogens with zero attached hydrogens (tertiary/aromatic N) is 1. The first kappa shape index (κ1) is 15.6. The lowest BCUT2D eigenvalue weighted by Crippen LogP contribution is -2.54. The Hall–Kier alpha value is -0.750. The number of halogens is 1. The van der Waals surface area contributed by atoms with E-state index in [-0.39, 0.29) is 24.1 Å². The molecule has 1 fully saturated rings. The van der Waals surface area contributed by atoms with Crippen molar-refractivity contribution in [1.29, 1.82) is 0 Å². The Kier molecular flexibility index (Phi) is 4.96. The standard InChI is InChI=1S/C15H20BrNO3/c1-15(2)10-17(7-13(9-18)20-15)8-14(19)11-4-3-5-12(16)6-11/h3-6,13,18H,7-10H2,1-2H3. The number of carbonyl (C=O) groups excluding carboxylic acids is 1. The third kappa shape index (κ3) is 4.12. The van der Waals surface area contributed by atoms with Crippen LogP contribution in [0.5, 0.6) is 0 Å². The van der Waals surface area contributed by atoms with Gasteiger partial charge in [-0.2, -0.15) is 0 Å². The second-order valence-electron chi connectivity index (χ2n) is 5.79. The van der Waals surface area contributed by atoms with Gasteiger partial charge in [0.25, 0.3) is 0 Å². The maximum Gasteiger partial charge on any atom is 0.176 e. The van der Waals surface area contributed by atoms with E-state index < -0.39 is 0 Å². The van der Waals surface area contributed by atoms with Gasteiger partial charge in [0.15, 0.2) is 5.78 Å². The molecular weight excluding hydrogens is 322 g/mol. The molecule has 0 aliphatic carbocycles. The van der Waals surface area contributed by atoms with Gasteiger partial charge in [-0.25, -0.2) is 0 Å². The molecule has 1 heterocycles. The Bertz CT molecular complexity index is 490. The van der Waals surface area contributed by atoms with Crippen LogP contribution in [0.25, 0.3) is 0 Å². The highest BCUT2D eigenvalue weighted by Crippen LogP contribution is 2.21. The lowest BCUT2D eigenvalue weighted by atomic mass is 10.0. The third-order valence-corrected chi connectivity index (χ3v) is 3.76. The number of aliphatic hydroxyl groups is 1. The first-order valence-corrected chi connectivity index (χ1v) is 7.49. The number of hydrogen-bond acceptors (Lipinski definition) is 4. The summed E-state index contributed by atoms with van der Waals surface area (Å²) in [6.07, 6.45) is -0.228. The van der Waals surface area contributed by atoms with Crippen molar-refractivity contribution in [2.45, 2.75) is 25.6 Å². The fourth-order valence-electron chi connectivity index (χ4n) is 2.59. The minimum absolute atomic E-state index is 0.0228. The first-order valence-electron chi connectivity index (χ1n) is 6.69. The summed E-state index contributed by atoms with van der Waals surface area (Å²) >= 11 is 3.38. The molecular formula is C15H20BrNO3. The lowest BCUT2D eigenvalue weighted by molar-refractivity contribution is -0.146. The molecule has 0 aromatic heterocycles. The first-order chi connectivity index (χ1) is 9.39. The number of ether oxygens (including phenoxy) is 1. The van der Waals surface area contributed by atoms with E-state index in [9.17, 15) is 9.90 Å². The van der Waals surface area contributed by atoms with E-state index in [4.69, 9.17) is 4.74 Å². The molecule has 1 aromatic rings. The van der Waals surface area contributed by atoms with Gasteiger partial charge in [-0.05, 0) is 26.0 Å². The number of aliphatic hydroxyl groups excluding tert-OH is 1. The molecule has 1 aliphatic heterocycles. The van der Waals surface area contributed by atoms with E-state index in [2.05, 4.69) is 15.9 Å². The zero-order valence-electron chi connectivity index (χ0n) is 11.8. The average Bonchev–Trinajstić information content (AvgIpc) is 2.36. The molecule has 1 saturated heterocycles. The number of morpholine rings is 1. The van der Waals surface area contributed by atoms with Crippen molar-refractivity contribution >= 4 is 21.7 Å². The topological polar surface area (TPSA) is 49.8 Å². The molecule has 0 bridgehead atoms. The number of benzene rings is 1. The molecule has 20 heavy (non-hydrogen) atoms. The van der Waals surface area contributed by atoms with E-state index in [1.54, 1.807) is 0 Å². The van der Waals surface area contributed by atoms with Crippen molar-refractivity contribution in [3.63, 3.8) is 0 Å². The van der Waals surface area contributed by atoms with Crippen LogP contribution in [0.3, 0.4) is 0 Å². The molecule has 1 atom stereocenters. The van der Waals surface area contributed by atoms with Gasteiger partial charge in [0, 0.05) is 23.1 Å². The van der Waals surface area contributed by atoms with Crippen LogP contribution in [0.1, 0.15) is 24.2 Å². The summed E-state index contributed by atoms with van der Waals surface area (Å²) in [5.74, 6) is 0.0840. The van der Waals surface area contributed by atoms with Crippen molar-refractivity contribution in [3.05, 3.63) is 34.3 Å². The molecule has 110 valence electrons. The quantitative estimate of drug-likeness (QED) is 0.852.